The molecule has 0 amide bonds. The van der Waals surface area contributed by atoms with E-state index in [4.69, 9.17) is 9.47 Å². The number of carbonyl (C=O) groups excluding carboxylic acids is 1. The molecule has 0 saturated heterocycles. The summed E-state index contributed by atoms with van der Waals surface area (Å²) in [5, 5.41) is 9.58. The SMILES string of the molecule is CCCCCCCCCCCCCCCCCCCCCC(=O)OC(CO)COCCCCCCCCCCCCCCCC. The Kier molecular flexibility index (Phi) is 39.0. The maximum absolute atomic E-state index is 12.2. The minimum atomic E-state index is -0.524. The van der Waals surface area contributed by atoms with Gasteiger partial charge in [0.05, 0.1) is 13.2 Å². The Balaban J connectivity index is 3.36. The van der Waals surface area contributed by atoms with Crippen LogP contribution in [0.5, 0.6) is 0 Å². The zero-order valence-electron chi connectivity index (χ0n) is 30.9. The van der Waals surface area contributed by atoms with Gasteiger partial charge in [0.2, 0.25) is 0 Å². The smallest absolute Gasteiger partial charge is 0.306 e. The molecule has 0 fully saturated rings. The fraction of sp³-hybridized carbons (Fsp3) is 0.976. The molecule has 0 rings (SSSR count). The van der Waals surface area contributed by atoms with Gasteiger partial charge in [-0.1, -0.05) is 213 Å². The Bertz CT molecular complexity index is 552. The highest BCUT2D eigenvalue weighted by Crippen LogP contribution is 2.16. The first kappa shape index (κ1) is 44.4. The lowest BCUT2D eigenvalue weighted by atomic mass is 10.0. The second kappa shape index (κ2) is 39.6. The van der Waals surface area contributed by atoms with Gasteiger partial charge in [0.25, 0.3) is 0 Å². The van der Waals surface area contributed by atoms with Crippen LogP contribution < -0.4 is 0 Å². The molecule has 1 unspecified atom stereocenters. The summed E-state index contributed by atoms with van der Waals surface area (Å²) in [7, 11) is 0. The van der Waals surface area contributed by atoms with E-state index in [9.17, 15) is 9.90 Å². The average molecular weight is 639 g/mol. The van der Waals surface area contributed by atoms with Gasteiger partial charge < -0.3 is 14.6 Å². The average Bonchev–Trinajstić information content (AvgIpc) is 3.05. The van der Waals surface area contributed by atoms with Crippen molar-refractivity contribution in [1.82, 2.24) is 0 Å². The second-order valence-corrected chi connectivity index (χ2v) is 14.1. The predicted octanol–water partition coefficient (Wildman–Crippen LogP) is 13.2. The Morgan fingerprint density at radius 3 is 1.04 bits per heavy atom. The van der Waals surface area contributed by atoms with Crippen molar-refractivity contribution in [1.29, 1.82) is 0 Å². The quantitative estimate of drug-likeness (QED) is 0.0537. The number of carbonyl (C=O) groups is 1. The van der Waals surface area contributed by atoms with Crippen molar-refractivity contribution in [3.8, 4) is 0 Å². The number of unbranched alkanes of at least 4 members (excludes halogenated alkanes) is 31. The van der Waals surface area contributed by atoms with Gasteiger partial charge in [-0.25, -0.2) is 0 Å². The first-order valence-electron chi connectivity index (χ1n) is 20.6. The number of aliphatic hydroxyl groups is 1. The molecule has 0 aliphatic heterocycles. The third kappa shape index (κ3) is 37.7. The molecule has 0 aromatic carbocycles. The van der Waals surface area contributed by atoms with Crippen molar-refractivity contribution in [2.75, 3.05) is 19.8 Å². The molecule has 0 spiro atoms. The molecule has 0 radical (unpaired) electrons. The van der Waals surface area contributed by atoms with E-state index in [-0.39, 0.29) is 12.6 Å². The summed E-state index contributed by atoms with van der Waals surface area (Å²) in [5.41, 5.74) is 0. The standard InChI is InChI=1S/C41H82O4/c1-3-5-7-9-11-13-15-17-19-20-21-22-23-24-26-28-30-32-34-36-41(43)45-40(38-42)39-44-37-35-33-31-29-27-25-18-16-14-12-10-8-6-4-2/h40,42H,3-39H2,1-2H3. The van der Waals surface area contributed by atoms with Crippen LogP contribution in [0.2, 0.25) is 0 Å². The maximum atomic E-state index is 12.2. The van der Waals surface area contributed by atoms with Gasteiger partial charge in [0.15, 0.2) is 0 Å². The molecule has 1 atom stereocenters. The van der Waals surface area contributed by atoms with Crippen LogP contribution in [0.15, 0.2) is 0 Å². The van der Waals surface area contributed by atoms with Gasteiger partial charge in [-0.05, 0) is 12.8 Å². The van der Waals surface area contributed by atoms with Crippen LogP contribution in [0, 0.1) is 0 Å². The molecule has 0 aliphatic rings. The minimum absolute atomic E-state index is 0.163. The Labute approximate surface area is 283 Å². The van der Waals surface area contributed by atoms with Crippen LogP contribution in [-0.2, 0) is 14.3 Å². The van der Waals surface area contributed by atoms with Crippen LogP contribution in [-0.4, -0.2) is 37.0 Å². The van der Waals surface area contributed by atoms with Gasteiger partial charge in [-0.3, -0.25) is 4.79 Å². The number of hydrogen-bond donors (Lipinski definition) is 1. The Morgan fingerprint density at radius 1 is 0.444 bits per heavy atom. The van der Waals surface area contributed by atoms with E-state index < -0.39 is 6.10 Å². The lowest BCUT2D eigenvalue weighted by Crippen LogP contribution is -2.27. The first-order chi connectivity index (χ1) is 22.2. The molecule has 4 nitrogen and oxygen atoms in total. The van der Waals surface area contributed by atoms with Crippen LogP contribution in [0.1, 0.15) is 232 Å². The first-order valence-corrected chi connectivity index (χ1v) is 20.6. The highest BCUT2D eigenvalue weighted by atomic mass is 16.6. The molecule has 0 saturated carbocycles. The normalized spacial score (nSPS) is 12.2. The summed E-state index contributed by atoms with van der Waals surface area (Å²) in [4.78, 5) is 12.2. The van der Waals surface area contributed by atoms with Crippen molar-refractivity contribution >= 4 is 5.97 Å². The summed E-state index contributed by atoms with van der Waals surface area (Å²) in [6.07, 6.45) is 44.4. The molecule has 0 aromatic heterocycles. The van der Waals surface area contributed by atoms with Gasteiger partial charge in [-0.2, -0.15) is 0 Å². The zero-order chi connectivity index (χ0) is 32.7. The van der Waals surface area contributed by atoms with Crippen molar-refractivity contribution < 1.29 is 19.4 Å². The van der Waals surface area contributed by atoms with E-state index in [1.54, 1.807) is 0 Å². The van der Waals surface area contributed by atoms with Gasteiger partial charge in [0.1, 0.15) is 6.10 Å². The van der Waals surface area contributed by atoms with Crippen LogP contribution >= 0.6 is 0 Å². The third-order valence-corrected chi connectivity index (χ3v) is 9.43. The highest BCUT2D eigenvalue weighted by Gasteiger charge is 2.13. The summed E-state index contributed by atoms with van der Waals surface area (Å²) in [5.74, 6) is -0.193. The molecule has 270 valence electrons. The van der Waals surface area contributed by atoms with Crippen molar-refractivity contribution in [2.45, 2.75) is 238 Å². The van der Waals surface area contributed by atoms with Crippen LogP contribution in [0.4, 0.5) is 0 Å². The van der Waals surface area contributed by atoms with Crippen molar-refractivity contribution in [2.24, 2.45) is 0 Å². The fourth-order valence-electron chi connectivity index (χ4n) is 6.33. The number of hydrogen-bond acceptors (Lipinski definition) is 4. The molecular weight excluding hydrogens is 556 g/mol. The molecule has 0 bridgehead atoms. The molecular formula is C41H82O4. The van der Waals surface area contributed by atoms with E-state index in [1.165, 1.54) is 193 Å². The highest BCUT2D eigenvalue weighted by molar-refractivity contribution is 5.69. The summed E-state index contributed by atoms with van der Waals surface area (Å²) in [6, 6.07) is 0. The Hall–Kier alpha value is -0.610. The number of ether oxygens (including phenoxy) is 2. The van der Waals surface area contributed by atoms with Crippen LogP contribution in [0.3, 0.4) is 0 Å². The van der Waals surface area contributed by atoms with Gasteiger partial charge in [-0.15, -0.1) is 0 Å². The number of aliphatic hydroxyl groups excluding tert-OH is 1. The van der Waals surface area contributed by atoms with Gasteiger partial charge >= 0.3 is 5.97 Å². The molecule has 0 aromatic rings. The summed E-state index contributed by atoms with van der Waals surface area (Å²) < 4.78 is 11.1. The minimum Gasteiger partial charge on any atom is -0.457 e. The van der Waals surface area contributed by atoms with E-state index >= 15 is 0 Å². The molecule has 1 N–H and O–H groups in total. The largest absolute Gasteiger partial charge is 0.457 e. The summed E-state index contributed by atoms with van der Waals surface area (Å²) >= 11 is 0. The monoisotopic (exact) mass is 639 g/mol. The van der Waals surface area contributed by atoms with Gasteiger partial charge in [0, 0.05) is 13.0 Å². The summed E-state index contributed by atoms with van der Waals surface area (Å²) in [6.45, 7) is 5.40. The second-order valence-electron chi connectivity index (χ2n) is 14.1. The fourth-order valence-corrected chi connectivity index (χ4v) is 6.33. The molecule has 0 aliphatic carbocycles. The van der Waals surface area contributed by atoms with E-state index in [2.05, 4.69) is 13.8 Å². The lowest BCUT2D eigenvalue weighted by Gasteiger charge is -2.16. The molecule has 0 heterocycles. The number of esters is 1. The maximum Gasteiger partial charge on any atom is 0.306 e. The van der Waals surface area contributed by atoms with Crippen molar-refractivity contribution in [3.05, 3.63) is 0 Å². The van der Waals surface area contributed by atoms with E-state index in [0.29, 0.717) is 19.6 Å². The predicted molar refractivity (Wildman–Crippen MR) is 196 cm³/mol. The van der Waals surface area contributed by atoms with Crippen LogP contribution in [0.25, 0.3) is 0 Å². The topological polar surface area (TPSA) is 55.8 Å². The third-order valence-electron chi connectivity index (χ3n) is 9.43. The van der Waals surface area contributed by atoms with Crippen molar-refractivity contribution in [3.63, 3.8) is 0 Å². The van der Waals surface area contributed by atoms with E-state index in [0.717, 1.165) is 19.3 Å². The van der Waals surface area contributed by atoms with E-state index in [1.807, 2.05) is 0 Å². The molecule has 4 heteroatoms. The zero-order valence-corrected chi connectivity index (χ0v) is 30.9. The molecule has 45 heavy (non-hydrogen) atoms. The number of rotatable bonds is 39. The Morgan fingerprint density at radius 2 is 0.733 bits per heavy atom. The lowest BCUT2D eigenvalue weighted by molar-refractivity contribution is -0.154.